The Balaban J connectivity index is 2.50. The van der Waals surface area contributed by atoms with Crippen LogP contribution in [0.2, 0.25) is 5.02 Å². The summed E-state index contributed by atoms with van der Waals surface area (Å²) >= 11 is 6.03. The Labute approximate surface area is 132 Å². The van der Waals surface area contributed by atoms with Crippen molar-refractivity contribution >= 4 is 11.6 Å². The zero-order valence-corrected chi connectivity index (χ0v) is 13.8. The van der Waals surface area contributed by atoms with Crippen molar-refractivity contribution in [3.8, 4) is 5.75 Å². The second kappa shape index (κ2) is 10.0. The van der Waals surface area contributed by atoms with Gasteiger partial charge < -0.3 is 19.9 Å². The van der Waals surface area contributed by atoms with Crippen LogP contribution in [0.4, 0.5) is 0 Å². The number of aliphatic hydroxyl groups is 1. The Morgan fingerprint density at radius 1 is 1.33 bits per heavy atom. The van der Waals surface area contributed by atoms with Gasteiger partial charge in [-0.25, -0.2) is 0 Å². The lowest BCUT2D eigenvalue weighted by atomic mass is 10.1. The van der Waals surface area contributed by atoms with Crippen molar-refractivity contribution in [2.45, 2.75) is 38.8 Å². The van der Waals surface area contributed by atoms with Crippen molar-refractivity contribution in [1.29, 1.82) is 0 Å². The summed E-state index contributed by atoms with van der Waals surface area (Å²) in [6, 6.07) is 5.61. The van der Waals surface area contributed by atoms with Crippen molar-refractivity contribution in [2.24, 2.45) is 0 Å². The Morgan fingerprint density at radius 3 is 2.76 bits per heavy atom. The van der Waals surface area contributed by atoms with Crippen LogP contribution >= 0.6 is 11.6 Å². The first-order valence-corrected chi connectivity index (χ1v) is 7.81. The topological polar surface area (TPSA) is 50.7 Å². The van der Waals surface area contributed by atoms with Gasteiger partial charge in [0.25, 0.3) is 0 Å². The number of rotatable bonds is 10. The lowest BCUT2D eigenvalue weighted by molar-refractivity contribution is 0.0111. The minimum atomic E-state index is -0.629. The van der Waals surface area contributed by atoms with Crippen LogP contribution in [-0.2, 0) is 4.74 Å². The van der Waals surface area contributed by atoms with Crippen LogP contribution in [0.25, 0.3) is 0 Å². The van der Waals surface area contributed by atoms with E-state index in [1.807, 2.05) is 26.1 Å². The van der Waals surface area contributed by atoms with E-state index in [-0.39, 0.29) is 12.6 Å². The highest BCUT2D eigenvalue weighted by Gasteiger charge is 2.13. The average molecular weight is 316 g/mol. The molecule has 1 rings (SSSR count). The molecule has 0 aliphatic rings. The van der Waals surface area contributed by atoms with Gasteiger partial charge in [-0.05, 0) is 38.6 Å². The molecule has 0 saturated heterocycles. The lowest BCUT2D eigenvalue weighted by Crippen LogP contribution is -2.24. The van der Waals surface area contributed by atoms with Gasteiger partial charge in [-0.2, -0.15) is 0 Å². The maximum absolute atomic E-state index is 9.86. The summed E-state index contributed by atoms with van der Waals surface area (Å²) in [6.07, 6.45) is 1.47. The van der Waals surface area contributed by atoms with Crippen LogP contribution in [-0.4, -0.2) is 38.1 Å². The summed E-state index contributed by atoms with van der Waals surface area (Å²) < 4.78 is 11.1. The predicted octanol–water partition coefficient (Wildman–Crippen LogP) is 3.18. The molecule has 2 atom stereocenters. The fourth-order valence-corrected chi connectivity index (χ4v) is 2.03. The van der Waals surface area contributed by atoms with Gasteiger partial charge in [-0.3, -0.25) is 0 Å². The van der Waals surface area contributed by atoms with E-state index < -0.39 is 6.10 Å². The average Bonchev–Trinajstić information content (AvgIpc) is 2.49. The Bertz CT molecular complexity index is 415. The number of hydrogen-bond acceptors (Lipinski definition) is 4. The number of unbranched alkanes of at least 4 members (excludes halogenated alkanes) is 1. The van der Waals surface area contributed by atoms with Crippen molar-refractivity contribution < 1.29 is 14.6 Å². The van der Waals surface area contributed by atoms with E-state index in [9.17, 15) is 5.11 Å². The second-order valence-electron chi connectivity index (χ2n) is 5.09. The predicted molar refractivity (Wildman–Crippen MR) is 86.2 cm³/mol. The normalized spacial score (nSPS) is 14.0. The smallest absolute Gasteiger partial charge is 0.124 e. The SMILES string of the molecule is CCCCOCC(O)COc1ccc(Cl)cc1C(C)NC. The Hall–Kier alpha value is -0.810. The monoisotopic (exact) mass is 315 g/mol. The van der Waals surface area contributed by atoms with Crippen molar-refractivity contribution in [2.75, 3.05) is 26.9 Å². The van der Waals surface area contributed by atoms with E-state index in [2.05, 4.69) is 12.2 Å². The molecule has 0 aliphatic carbocycles. The molecule has 0 aromatic heterocycles. The molecule has 120 valence electrons. The molecule has 0 fully saturated rings. The van der Waals surface area contributed by atoms with Crippen molar-refractivity contribution in [1.82, 2.24) is 5.32 Å². The van der Waals surface area contributed by atoms with Crippen LogP contribution in [0.3, 0.4) is 0 Å². The van der Waals surface area contributed by atoms with E-state index in [4.69, 9.17) is 21.1 Å². The molecule has 1 aromatic carbocycles. The van der Waals surface area contributed by atoms with E-state index in [1.54, 1.807) is 6.07 Å². The summed E-state index contributed by atoms with van der Waals surface area (Å²) in [5, 5.41) is 13.7. The summed E-state index contributed by atoms with van der Waals surface area (Å²) in [4.78, 5) is 0. The van der Waals surface area contributed by atoms with Crippen LogP contribution in [0.1, 0.15) is 38.3 Å². The molecule has 21 heavy (non-hydrogen) atoms. The minimum absolute atomic E-state index is 0.122. The maximum Gasteiger partial charge on any atom is 0.124 e. The second-order valence-corrected chi connectivity index (χ2v) is 5.52. The summed E-state index contributed by atoms with van der Waals surface area (Å²) in [5.74, 6) is 0.730. The zero-order chi connectivity index (χ0) is 15.7. The van der Waals surface area contributed by atoms with E-state index in [0.29, 0.717) is 18.2 Å². The van der Waals surface area contributed by atoms with Gasteiger partial charge in [0.05, 0.1) is 6.61 Å². The molecular formula is C16H26ClNO3. The highest BCUT2D eigenvalue weighted by Crippen LogP contribution is 2.28. The molecule has 0 amide bonds. The molecule has 0 aliphatic heterocycles. The molecule has 0 spiro atoms. The maximum atomic E-state index is 9.86. The fourth-order valence-electron chi connectivity index (χ4n) is 1.84. The molecule has 4 nitrogen and oxygen atoms in total. The van der Waals surface area contributed by atoms with Gasteiger partial charge in [-0.15, -0.1) is 0 Å². The number of hydrogen-bond donors (Lipinski definition) is 2. The first-order chi connectivity index (χ1) is 10.1. The first-order valence-electron chi connectivity index (χ1n) is 7.43. The molecule has 0 heterocycles. The van der Waals surface area contributed by atoms with Crippen LogP contribution in [0, 0.1) is 0 Å². The number of nitrogens with one attached hydrogen (secondary N) is 1. The van der Waals surface area contributed by atoms with Gasteiger partial charge in [0.15, 0.2) is 0 Å². The highest BCUT2D eigenvalue weighted by molar-refractivity contribution is 6.30. The van der Waals surface area contributed by atoms with Gasteiger partial charge >= 0.3 is 0 Å². The number of halogens is 1. The van der Waals surface area contributed by atoms with Gasteiger partial charge in [0.2, 0.25) is 0 Å². The molecule has 2 unspecified atom stereocenters. The fraction of sp³-hybridized carbons (Fsp3) is 0.625. The standard InChI is InChI=1S/C16H26ClNO3/c1-4-5-8-20-10-14(19)11-21-16-7-6-13(17)9-15(16)12(2)18-3/h6-7,9,12,14,18-19H,4-5,8,10-11H2,1-3H3. The van der Waals surface area contributed by atoms with E-state index in [1.165, 1.54) is 0 Å². The van der Waals surface area contributed by atoms with Gasteiger partial charge in [-0.1, -0.05) is 24.9 Å². The Kier molecular flexibility index (Phi) is 8.69. The Morgan fingerprint density at radius 2 is 2.10 bits per heavy atom. The van der Waals surface area contributed by atoms with Crippen molar-refractivity contribution in [3.05, 3.63) is 28.8 Å². The largest absolute Gasteiger partial charge is 0.490 e. The molecule has 0 saturated carbocycles. The lowest BCUT2D eigenvalue weighted by Gasteiger charge is -2.18. The van der Waals surface area contributed by atoms with E-state index >= 15 is 0 Å². The van der Waals surface area contributed by atoms with Gasteiger partial charge in [0.1, 0.15) is 18.5 Å². The summed E-state index contributed by atoms with van der Waals surface area (Å²) in [7, 11) is 1.88. The summed E-state index contributed by atoms with van der Waals surface area (Å²) in [6.45, 7) is 5.31. The van der Waals surface area contributed by atoms with Gasteiger partial charge in [0, 0.05) is 23.2 Å². The first kappa shape index (κ1) is 18.2. The molecule has 0 radical (unpaired) electrons. The molecule has 5 heteroatoms. The van der Waals surface area contributed by atoms with E-state index in [0.717, 1.165) is 24.2 Å². The van der Waals surface area contributed by atoms with Crippen LogP contribution in [0.5, 0.6) is 5.75 Å². The molecule has 1 aromatic rings. The molecule has 2 N–H and O–H groups in total. The quantitative estimate of drug-likeness (QED) is 0.651. The number of aliphatic hydroxyl groups excluding tert-OH is 1. The molecular weight excluding hydrogens is 290 g/mol. The molecule has 0 bridgehead atoms. The number of benzene rings is 1. The zero-order valence-electron chi connectivity index (χ0n) is 13.1. The highest BCUT2D eigenvalue weighted by atomic mass is 35.5. The third-order valence-corrected chi connectivity index (χ3v) is 3.49. The third kappa shape index (κ3) is 6.66. The summed E-state index contributed by atoms with van der Waals surface area (Å²) in [5.41, 5.74) is 0.976. The van der Waals surface area contributed by atoms with Crippen LogP contribution < -0.4 is 10.1 Å². The third-order valence-electron chi connectivity index (χ3n) is 3.26. The van der Waals surface area contributed by atoms with Crippen LogP contribution in [0.15, 0.2) is 18.2 Å². The number of ether oxygens (including phenoxy) is 2. The van der Waals surface area contributed by atoms with Crippen molar-refractivity contribution in [3.63, 3.8) is 0 Å². The minimum Gasteiger partial charge on any atom is -0.490 e.